The van der Waals surface area contributed by atoms with Gasteiger partial charge in [0.25, 0.3) is 0 Å². The van der Waals surface area contributed by atoms with Crippen molar-refractivity contribution in [2.75, 3.05) is 19.6 Å². The van der Waals surface area contributed by atoms with Crippen molar-refractivity contribution in [3.63, 3.8) is 0 Å². The predicted molar refractivity (Wildman–Crippen MR) is 498 cm³/mol. The first-order valence-corrected chi connectivity index (χ1v) is 41.2. The zero-order valence-corrected chi connectivity index (χ0v) is 69.1. The van der Waals surface area contributed by atoms with E-state index in [4.69, 9.17) is 0 Å². The van der Waals surface area contributed by atoms with Crippen molar-refractivity contribution in [1.29, 1.82) is 0 Å². The minimum Gasteiger partial charge on any atom is -0.307 e. The molecule has 0 N–H and O–H groups in total. The average Bonchev–Trinajstić information content (AvgIpc) is 0.719. The van der Waals surface area contributed by atoms with Crippen LogP contribution >= 0.6 is 0 Å². The van der Waals surface area contributed by atoms with Gasteiger partial charge in [0.15, 0.2) is 0 Å². The summed E-state index contributed by atoms with van der Waals surface area (Å²) in [6.45, 7) is 15.2. The Kier molecular flexibility index (Phi) is 20.3. The third-order valence-electron chi connectivity index (χ3n) is 24.2. The van der Waals surface area contributed by atoms with E-state index in [1.807, 2.05) is 347 Å². The summed E-state index contributed by atoms with van der Waals surface area (Å²) in [5.41, 5.74) is 15.9. The number of hydrogen-bond acceptors (Lipinski definition) is 4. The van der Waals surface area contributed by atoms with E-state index in [-0.39, 0.29) is 45.0 Å². The van der Waals surface area contributed by atoms with Crippen LogP contribution in [0.4, 0.5) is 103 Å². The van der Waals surface area contributed by atoms with Gasteiger partial charge in [0, 0.05) is 90.8 Å². The fourth-order valence-corrected chi connectivity index (χ4v) is 18.4. The van der Waals surface area contributed by atoms with Crippen molar-refractivity contribution in [3.05, 3.63) is 431 Å². The molecular weight excluding hydrogens is 1550 g/mol. The lowest BCUT2D eigenvalue weighted by molar-refractivity contribution is 0.604. The molecule has 0 radical (unpaired) electrons. The molecule has 0 saturated heterocycles. The van der Waals surface area contributed by atoms with Crippen LogP contribution in [0.5, 0.6) is 0 Å². The highest BCUT2D eigenvalue weighted by atomic mass is 19.2. The quantitative estimate of drug-likeness (QED) is 0.0706. The molecule has 0 aromatic heterocycles. The number of rotatable bonds is 16. The summed E-state index contributed by atoms with van der Waals surface area (Å²) in [5.74, 6) is -4.43. The van der Waals surface area contributed by atoms with Crippen LogP contribution in [-0.4, -0.2) is 0 Å². The van der Waals surface area contributed by atoms with Gasteiger partial charge in [0.2, 0.25) is 0 Å². The maximum atomic E-state index is 16.8. The molecule has 0 saturated carbocycles. The van der Waals surface area contributed by atoms with E-state index in [1.54, 1.807) is 19.6 Å². The molecule has 0 unspecified atom stereocenters. The number of hydrogen-bond donors (Lipinski definition) is 0. The summed E-state index contributed by atoms with van der Waals surface area (Å²) >= 11 is 0. The number of aryl methyl sites for hydroxylation is 8. The van der Waals surface area contributed by atoms with Crippen molar-refractivity contribution < 1.29 is 35.1 Å². The highest BCUT2D eigenvalue weighted by molar-refractivity contribution is 6.30. The number of halogens is 8. The maximum absolute atomic E-state index is 16.8. The minimum absolute atomic E-state index is 0.0653. The van der Waals surface area contributed by atoms with E-state index in [2.05, 4.69) is 0 Å². The number of nitrogens with zero attached hydrogens (tertiary/aromatic N) is 4. The second kappa shape index (κ2) is 31.9. The third-order valence-corrected chi connectivity index (χ3v) is 24.2. The van der Waals surface area contributed by atoms with Crippen molar-refractivity contribution >= 4 is 133 Å². The van der Waals surface area contributed by atoms with Gasteiger partial charge in [-0.25, -0.2) is 35.1 Å². The lowest BCUT2D eigenvalue weighted by Crippen LogP contribution is -2.14. The van der Waals surface area contributed by atoms with Crippen molar-refractivity contribution in [2.45, 2.75) is 55.4 Å². The Hall–Kier alpha value is -14.9. The standard InChI is InChI=1S/2C56H40F4N2/c1-33-13-11-14-34(2)53(33)43-29-47(59)51(31-45(43)57)61(39-17-7-5-8-18-39)49-27-23-37-22-26-42-50(28-24-38-21-25-41(49)55(37)56(38)42)62(40-19-9-6-10-20-40)52-32-46(58)44(30-48(52)60)54-35(3)15-12-16-36(54)4;1-33-15-17-35(3)43(27-33)45-29-49(59)53(31-47(45)57)61(39-11-7-5-8-12-39)51-25-21-37-20-24-42-52(26-22-38-19-23-41(51)55(37)56(38)42)62(40-13-9-6-10-14-40)54-32-48(58)46(30-50(54)60)44-28-34(2)16-18-36(44)4/h2*5-32H,1-4H3. The number of benzene rings is 20. The van der Waals surface area contributed by atoms with Gasteiger partial charge in [-0.2, -0.15) is 0 Å². The monoisotopic (exact) mass is 1630 g/mol. The Morgan fingerprint density at radius 1 is 0.169 bits per heavy atom. The largest absolute Gasteiger partial charge is 0.307 e. The van der Waals surface area contributed by atoms with Gasteiger partial charge in [-0.05, 0) is 251 Å². The van der Waals surface area contributed by atoms with Gasteiger partial charge in [-0.1, -0.05) is 230 Å². The number of anilines is 12. The van der Waals surface area contributed by atoms with Crippen molar-refractivity contribution in [1.82, 2.24) is 0 Å². The van der Waals surface area contributed by atoms with Crippen molar-refractivity contribution in [2.24, 2.45) is 0 Å². The van der Waals surface area contributed by atoms with Crippen LogP contribution < -0.4 is 19.6 Å². The molecule has 20 aromatic carbocycles. The fraction of sp³-hybridized carbons (Fsp3) is 0.0714. The Bertz CT molecular complexity index is 7100. The Morgan fingerprint density at radius 2 is 0.403 bits per heavy atom. The van der Waals surface area contributed by atoms with E-state index in [9.17, 15) is 0 Å². The summed E-state index contributed by atoms with van der Waals surface area (Å²) in [6, 6.07) is 103. The lowest BCUT2D eigenvalue weighted by Gasteiger charge is -2.30. The van der Waals surface area contributed by atoms with Gasteiger partial charge in [0.05, 0.1) is 45.5 Å². The molecule has 20 aromatic rings. The normalized spacial score (nSPS) is 11.5. The molecular formula is C112H80F8N4. The lowest BCUT2D eigenvalue weighted by atomic mass is 9.91. The third kappa shape index (κ3) is 13.9. The highest BCUT2D eigenvalue weighted by Gasteiger charge is 2.31. The molecule has 4 nitrogen and oxygen atoms in total. The van der Waals surface area contributed by atoms with Crippen LogP contribution in [0.25, 0.3) is 109 Å². The Labute approximate surface area is 714 Å². The molecule has 604 valence electrons. The van der Waals surface area contributed by atoms with Crippen LogP contribution in [0.15, 0.2) is 340 Å². The molecule has 0 aliphatic carbocycles. The van der Waals surface area contributed by atoms with Crippen LogP contribution in [-0.2, 0) is 0 Å². The SMILES string of the molecule is Cc1ccc(C)c(-c2cc(F)c(N(c3ccccc3)c3ccc4ccc5c(N(c6ccccc6)c6cc(F)c(-c7cc(C)ccc7C)cc6F)ccc6ccc3c4c65)cc2F)c1.Cc1cccc(C)c1-c1cc(F)c(N(c2ccccc2)c2ccc3ccc4c(N(c5ccccc5)c5cc(F)c(-c6c(C)cccc6C)cc5F)ccc5ccc2c3c54)cc1F. The van der Waals surface area contributed by atoms with Gasteiger partial charge in [-0.3, -0.25) is 0 Å². The molecule has 0 spiro atoms. The zero-order valence-electron chi connectivity index (χ0n) is 69.1. The Balaban J connectivity index is 0.000000163. The van der Waals surface area contributed by atoms with Crippen molar-refractivity contribution in [3.8, 4) is 44.5 Å². The van der Waals surface area contributed by atoms with Gasteiger partial charge >= 0.3 is 0 Å². The topological polar surface area (TPSA) is 13.0 Å². The molecule has 0 amide bonds. The first-order valence-electron chi connectivity index (χ1n) is 41.2. The van der Waals surface area contributed by atoms with E-state index < -0.39 is 46.5 Å². The molecule has 20 rings (SSSR count). The molecule has 124 heavy (non-hydrogen) atoms. The van der Waals surface area contributed by atoms with E-state index in [0.717, 1.165) is 109 Å². The van der Waals surface area contributed by atoms with Gasteiger partial charge in [0.1, 0.15) is 46.5 Å². The van der Waals surface area contributed by atoms with Crippen LogP contribution in [0, 0.1) is 102 Å². The van der Waals surface area contributed by atoms with Crippen LogP contribution in [0.2, 0.25) is 0 Å². The minimum atomic E-state index is -0.574. The van der Waals surface area contributed by atoms with Crippen LogP contribution in [0.3, 0.4) is 0 Å². The predicted octanol–water partition coefficient (Wildman–Crippen LogP) is 33.3. The summed E-state index contributed by atoms with van der Waals surface area (Å²) in [5, 5.41) is 10.6. The summed E-state index contributed by atoms with van der Waals surface area (Å²) in [7, 11) is 0. The zero-order chi connectivity index (χ0) is 85.6. The molecule has 0 bridgehead atoms. The highest BCUT2D eigenvalue weighted by Crippen LogP contribution is 2.53. The smallest absolute Gasteiger partial charge is 0.148 e. The van der Waals surface area contributed by atoms with Gasteiger partial charge < -0.3 is 19.6 Å². The van der Waals surface area contributed by atoms with E-state index >= 15 is 35.1 Å². The molecule has 0 heterocycles. The average molecular weight is 1630 g/mol. The van der Waals surface area contributed by atoms with Crippen LogP contribution in [0.1, 0.15) is 44.5 Å². The maximum Gasteiger partial charge on any atom is 0.148 e. The molecule has 0 aliphatic heterocycles. The molecule has 0 fully saturated rings. The summed E-state index contributed by atoms with van der Waals surface area (Å²) in [4.78, 5) is 7.08. The summed E-state index contributed by atoms with van der Waals surface area (Å²) < 4.78 is 133. The first kappa shape index (κ1) is 78.9. The molecule has 12 heteroatoms. The molecule has 0 aliphatic rings. The second-order valence-electron chi connectivity index (χ2n) is 32.2. The molecule has 0 atom stereocenters. The van der Waals surface area contributed by atoms with E-state index in [0.29, 0.717) is 67.8 Å². The van der Waals surface area contributed by atoms with E-state index in [1.165, 1.54) is 48.5 Å². The Morgan fingerprint density at radius 3 is 0.661 bits per heavy atom. The summed E-state index contributed by atoms with van der Waals surface area (Å²) in [6.07, 6.45) is 0. The first-order chi connectivity index (χ1) is 60.1. The number of para-hydroxylation sites is 4. The second-order valence-corrected chi connectivity index (χ2v) is 32.2. The fourth-order valence-electron chi connectivity index (χ4n) is 18.4. The van der Waals surface area contributed by atoms with Gasteiger partial charge in [-0.15, -0.1) is 0 Å².